The summed E-state index contributed by atoms with van der Waals surface area (Å²) in [4.78, 5) is 28.6. The van der Waals surface area contributed by atoms with Crippen LogP contribution in [0.5, 0.6) is 0 Å². The number of nitrogens with zero attached hydrogens (tertiary/aromatic N) is 3. The Morgan fingerprint density at radius 1 is 1.00 bits per heavy atom. The van der Waals surface area contributed by atoms with E-state index in [-0.39, 0.29) is 18.4 Å². The topological polar surface area (TPSA) is 90.0 Å². The summed E-state index contributed by atoms with van der Waals surface area (Å²) in [5.41, 5.74) is 2.62. The molecule has 1 unspecified atom stereocenters. The van der Waals surface area contributed by atoms with Gasteiger partial charge in [-0.25, -0.2) is 4.31 Å². The fourth-order valence-electron chi connectivity index (χ4n) is 3.87. The molecule has 0 aliphatic carbocycles. The molecule has 2 aromatic carbocycles. The molecule has 0 heterocycles. The molecular formula is C27H38Cl2N4O4S. The third kappa shape index (κ3) is 8.09. The van der Waals surface area contributed by atoms with Crippen LogP contribution in [0.25, 0.3) is 0 Å². The summed E-state index contributed by atoms with van der Waals surface area (Å²) in [6, 6.07) is 9.60. The molecule has 2 aromatic rings. The summed E-state index contributed by atoms with van der Waals surface area (Å²) in [6.07, 6.45) is 0.334. The first-order valence-corrected chi connectivity index (χ1v) is 14.6. The van der Waals surface area contributed by atoms with Gasteiger partial charge in [-0.15, -0.1) is 0 Å². The average molecular weight is 586 g/mol. The third-order valence-corrected chi connectivity index (χ3v) is 8.60. The molecule has 1 N–H and O–H groups in total. The molecule has 8 nitrogen and oxygen atoms in total. The Hall–Kier alpha value is -2.33. The van der Waals surface area contributed by atoms with Crippen LogP contribution >= 0.6 is 23.2 Å². The van der Waals surface area contributed by atoms with Crippen molar-refractivity contribution in [3.63, 3.8) is 0 Å². The molecule has 1 atom stereocenters. The van der Waals surface area contributed by atoms with Crippen molar-refractivity contribution >= 4 is 50.9 Å². The van der Waals surface area contributed by atoms with Gasteiger partial charge in [0.2, 0.25) is 11.8 Å². The smallest absolute Gasteiger partial charge is 0.304 e. The lowest BCUT2D eigenvalue weighted by molar-refractivity contribution is -0.140. The third-order valence-electron chi connectivity index (χ3n) is 6.06. The van der Waals surface area contributed by atoms with E-state index in [2.05, 4.69) is 5.32 Å². The van der Waals surface area contributed by atoms with Crippen molar-refractivity contribution in [1.29, 1.82) is 0 Å². The molecule has 0 fully saturated rings. The van der Waals surface area contributed by atoms with Crippen LogP contribution < -0.4 is 9.62 Å². The summed E-state index contributed by atoms with van der Waals surface area (Å²) in [6.45, 7) is 9.43. The Morgan fingerprint density at radius 3 is 2.21 bits per heavy atom. The number of nitrogens with one attached hydrogen (secondary N) is 1. The molecule has 0 spiro atoms. The van der Waals surface area contributed by atoms with Crippen LogP contribution in [0.1, 0.15) is 43.9 Å². The lowest BCUT2D eigenvalue weighted by Gasteiger charge is -2.34. The molecule has 2 amide bonds. The zero-order valence-corrected chi connectivity index (χ0v) is 25.4. The molecule has 38 heavy (non-hydrogen) atoms. The highest BCUT2D eigenvalue weighted by Crippen LogP contribution is 2.27. The maximum absolute atomic E-state index is 14.0. The second-order valence-electron chi connectivity index (χ2n) is 9.92. The van der Waals surface area contributed by atoms with Crippen LogP contribution in [0.15, 0.2) is 36.4 Å². The van der Waals surface area contributed by atoms with E-state index in [9.17, 15) is 18.0 Å². The van der Waals surface area contributed by atoms with Gasteiger partial charge in [-0.1, -0.05) is 62.2 Å². The second kappa shape index (κ2) is 13.6. The predicted octanol–water partition coefficient (Wildman–Crippen LogP) is 4.80. The van der Waals surface area contributed by atoms with Crippen LogP contribution in [0, 0.1) is 19.8 Å². The number of amides is 2. The molecule has 0 aliphatic rings. The van der Waals surface area contributed by atoms with Crippen LogP contribution in [0.3, 0.4) is 0 Å². The van der Waals surface area contributed by atoms with Gasteiger partial charge < -0.3 is 10.2 Å². The number of anilines is 1. The van der Waals surface area contributed by atoms with E-state index < -0.39 is 28.7 Å². The van der Waals surface area contributed by atoms with Crippen molar-refractivity contribution in [1.82, 2.24) is 14.5 Å². The van der Waals surface area contributed by atoms with Crippen molar-refractivity contribution in [2.24, 2.45) is 5.92 Å². The molecule has 11 heteroatoms. The Labute approximate surface area is 237 Å². The maximum Gasteiger partial charge on any atom is 0.304 e. The number of hydrogen-bond donors (Lipinski definition) is 1. The number of aryl methyl sites for hydroxylation is 2. The number of rotatable bonds is 12. The van der Waals surface area contributed by atoms with Gasteiger partial charge in [-0.3, -0.25) is 9.59 Å². The van der Waals surface area contributed by atoms with Crippen molar-refractivity contribution < 1.29 is 18.0 Å². The first kappa shape index (κ1) is 31.9. The van der Waals surface area contributed by atoms with Gasteiger partial charge in [0.1, 0.15) is 12.6 Å². The van der Waals surface area contributed by atoms with Crippen LogP contribution in [-0.2, 0) is 26.3 Å². The number of carbonyl (C=O) groups excluding carboxylic acids is 2. The lowest BCUT2D eigenvalue weighted by Crippen LogP contribution is -2.53. The molecular weight excluding hydrogens is 547 g/mol. The SMILES string of the molecule is CCC(C(=O)NCC(C)C)N(Cc1ccc(Cl)c(Cl)c1)C(=O)CN(c1cc(C)ccc1C)S(=O)(=O)N(C)C. The van der Waals surface area contributed by atoms with Crippen LogP contribution in [0.2, 0.25) is 10.0 Å². The Balaban J connectivity index is 2.56. The molecule has 0 bridgehead atoms. The highest BCUT2D eigenvalue weighted by Gasteiger charge is 2.34. The first-order chi connectivity index (χ1) is 17.7. The fraction of sp³-hybridized carbons (Fsp3) is 0.481. The summed E-state index contributed by atoms with van der Waals surface area (Å²) in [5, 5.41) is 3.59. The van der Waals surface area contributed by atoms with Gasteiger partial charge in [0.05, 0.1) is 15.7 Å². The zero-order valence-electron chi connectivity index (χ0n) is 23.1. The van der Waals surface area contributed by atoms with Gasteiger partial charge in [0, 0.05) is 27.2 Å². The van der Waals surface area contributed by atoms with E-state index in [0.717, 1.165) is 14.2 Å². The maximum atomic E-state index is 14.0. The van der Waals surface area contributed by atoms with E-state index in [1.54, 1.807) is 31.2 Å². The van der Waals surface area contributed by atoms with Gasteiger partial charge in [0.15, 0.2) is 0 Å². The fourth-order valence-corrected chi connectivity index (χ4v) is 5.30. The normalized spacial score (nSPS) is 12.5. The molecule has 0 aromatic heterocycles. The van der Waals surface area contributed by atoms with Gasteiger partial charge in [-0.05, 0) is 61.1 Å². The van der Waals surface area contributed by atoms with Crippen LogP contribution in [0.4, 0.5) is 5.69 Å². The summed E-state index contributed by atoms with van der Waals surface area (Å²) >= 11 is 12.3. The van der Waals surface area contributed by atoms with Crippen LogP contribution in [-0.4, -0.2) is 62.7 Å². The molecule has 0 saturated heterocycles. The second-order valence-corrected chi connectivity index (χ2v) is 12.8. The number of benzene rings is 2. The lowest BCUT2D eigenvalue weighted by atomic mass is 10.1. The Bertz CT molecular complexity index is 1250. The summed E-state index contributed by atoms with van der Waals surface area (Å²) in [5.74, 6) is -0.599. The monoisotopic (exact) mass is 584 g/mol. The Kier molecular flexibility index (Phi) is 11.4. The highest BCUT2D eigenvalue weighted by molar-refractivity contribution is 7.90. The highest BCUT2D eigenvalue weighted by atomic mass is 35.5. The van der Waals surface area contributed by atoms with E-state index in [0.29, 0.717) is 39.8 Å². The number of halogens is 2. The van der Waals surface area contributed by atoms with E-state index in [1.165, 1.54) is 19.0 Å². The predicted molar refractivity (Wildman–Crippen MR) is 155 cm³/mol. The van der Waals surface area contributed by atoms with E-state index in [4.69, 9.17) is 23.2 Å². The number of carbonyl (C=O) groups is 2. The van der Waals surface area contributed by atoms with Crippen molar-refractivity contribution in [3.8, 4) is 0 Å². The van der Waals surface area contributed by atoms with Crippen molar-refractivity contribution in [2.45, 2.75) is 53.6 Å². The average Bonchev–Trinajstić information content (AvgIpc) is 2.84. The van der Waals surface area contributed by atoms with Gasteiger partial charge in [0.25, 0.3) is 0 Å². The minimum atomic E-state index is -4.04. The summed E-state index contributed by atoms with van der Waals surface area (Å²) < 4.78 is 29.0. The molecule has 210 valence electrons. The minimum absolute atomic E-state index is 0.0476. The summed E-state index contributed by atoms with van der Waals surface area (Å²) in [7, 11) is -1.21. The standard InChI is InChI=1S/C27H38Cl2N4O4S/c1-8-24(27(35)30-15-18(2)3)32(16-21-11-12-22(28)23(29)14-21)26(34)17-33(38(36,37)31(6)7)25-13-19(4)9-10-20(25)5/h9-14,18,24H,8,15-17H2,1-7H3,(H,30,35). The van der Waals surface area contributed by atoms with E-state index in [1.807, 2.05) is 39.8 Å². The molecule has 0 radical (unpaired) electrons. The molecule has 2 rings (SSSR count). The quantitative estimate of drug-likeness (QED) is 0.388. The minimum Gasteiger partial charge on any atom is -0.354 e. The van der Waals surface area contributed by atoms with Crippen molar-refractivity contribution in [3.05, 3.63) is 63.1 Å². The van der Waals surface area contributed by atoms with E-state index >= 15 is 0 Å². The Morgan fingerprint density at radius 2 is 1.66 bits per heavy atom. The van der Waals surface area contributed by atoms with Gasteiger partial charge >= 0.3 is 10.2 Å². The van der Waals surface area contributed by atoms with Crippen molar-refractivity contribution in [2.75, 3.05) is 31.5 Å². The molecule has 0 aliphatic heterocycles. The van der Waals surface area contributed by atoms with Gasteiger partial charge in [-0.2, -0.15) is 12.7 Å². The zero-order chi connectivity index (χ0) is 28.8. The largest absolute Gasteiger partial charge is 0.354 e. The number of hydrogen-bond acceptors (Lipinski definition) is 4. The molecule has 0 saturated carbocycles. The first-order valence-electron chi connectivity index (χ1n) is 12.5.